The Morgan fingerprint density at radius 3 is 2.52 bits per heavy atom. The van der Waals surface area contributed by atoms with Gasteiger partial charge in [-0.3, -0.25) is 30.0 Å². The smallest absolute Gasteiger partial charge is 0.311 e. The minimum Gasteiger partial charge on any atom is -0.455 e. The molecule has 1 fully saturated rings. The van der Waals surface area contributed by atoms with E-state index in [4.69, 9.17) is 27.9 Å². The third kappa shape index (κ3) is 5.34. The van der Waals surface area contributed by atoms with Crippen LogP contribution in [0, 0.1) is 12.8 Å². The number of hydrogen-bond donors (Lipinski definition) is 2. The van der Waals surface area contributed by atoms with E-state index in [0.717, 1.165) is 5.56 Å². The fraction of sp³-hybridized carbons (Fsp3) is 0.238. The molecule has 1 aliphatic heterocycles. The second kappa shape index (κ2) is 9.80. The Balaban J connectivity index is 1.49. The van der Waals surface area contributed by atoms with Crippen LogP contribution >= 0.6 is 23.2 Å². The van der Waals surface area contributed by atoms with E-state index < -0.39 is 30.3 Å². The maximum absolute atomic E-state index is 12.4. The number of rotatable bonds is 5. The minimum atomic E-state index is -0.736. The summed E-state index contributed by atoms with van der Waals surface area (Å²) in [6.07, 6.45) is -0.0321. The van der Waals surface area contributed by atoms with E-state index in [9.17, 15) is 19.2 Å². The minimum absolute atomic E-state index is 0.0321. The number of halogens is 2. The summed E-state index contributed by atoms with van der Waals surface area (Å²) >= 11 is 12.0. The maximum atomic E-state index is 12.4. The monoisotopic (exact) mass is 463 g/mol. The molecule has 0 unspecified atom stereocenters. The van der Waals surface area contributed by atoms with Crippen LogP contribution in [-0.4, -0.2) is 36.8 Å². The van der Waals surface area contributed by atoms with Gasteiger partial charge in [-0.05, 0) is 36.8 Å². The first kappa shape index (κ1) is 22.6. The van der Waals surface area contributed by atoms with Gasteiger partial charge < -0.3 is 9.64 Å². The van der Waals surface area contributed by atoms with Gasteiger partial charge in [-0.15, -0.1) is 0 Å². The molecule has 2 aromatic rings. The highest BCUT2D eigenvalue weighted by Crippen LogP contribution is 2.31. The number of hydrazine groups is 1. The van der Waals surface area contributed by atoms with Gasteiger partial charge in [-0.1, -0.05) is 41.4 Å². The van der Waals surface area contributed by atoms with Crippen LogP contribution in [-0.2, 0) is 19.1 Å². The second-order valence-corrected chi connectivity index (χ2v) is 7.69. The lowest BCUT2D eigenvalue weighted by molar-refractivity contribution is -0.152. The molecule has 8 nitrogen and oxygen atoms in total. The number of carbonyl (C=O) groups is 4. The molecule has 31 heavy (non-hydrogen) atoms. The summed E-state index contributed by atoms with van der Waals surface area (Å²) in [5.74, 6) is -2.97. The molecule has 0 aromatic heterocycles. The van der Waals surface area contributed by atoms with Crippen LogP contribution in [0.5, 0.6) is 0 Å². The fourth-order valence-electron chi connectivity index (χ4n) is 3.12. The van der Waals surface area contributed by atoms with E-state index in [0.29, 0.717) is 10.7 Å². The van der Waals surface area contributed by atoms with Crippen LogP contribution in [0.15, 0.2) is 42.5 Å². The molecule has 10 heteroatoms. The Labute approximate surface area is 188 Å². The van der Waals surface area contributed by atoms with Gasteiger partial charge >= 0.3 is 5.97 Å². The number of benzene rings is 2. The Hall–Kier alpha value is -3.10. The Bertz CT molecular complexity index is 1040. The molecule has 2 aromatic carbocycles. The first-order valence-corrected chi connectivity index (χ1v) is 10.1. The van der Waals surface area contributed by atoms with E-state index in [1.807, 2.05) is 0 Å². The lowest BCUT2D eigenvalue weighted by atomic mass is 10.1. The number of anilines is 1. The van der Waals surface area contributed by atoms with Gasteiger partial charge in [0.2, 0.25) is 5.91 Å². The van der Waals surface area contributed by atoms with Gasteiger partial charge in [-0.25, -0.2) is 0 Å². The predicted molar refractivity (Wildman–Crippen MR) is 115 cm³/mol. The van der Waals surface area contributed by atoms with Gasteiger partial charge in [0.1, 0.15) is 0 Å². The third-order valence-corrected chi connectivity index (χ3v) is 5.51. The van der Waals surface area contributed by atoms with Crippen LogP contribution in [0.2, 0.25) is 10.0 Å². The van der Waals surface area contributed by atoms with Crippen molar-refractivity contribution in [2.45, 2.75) is 13.3 Å². The van der Waals surface area contributed by atoms with Crippen molar-refractivity contribution in [3.63, 3.8) is 0 Å². The first-order chi connectivity index (χ1) is 14.8. The molecule has 0 spiro atoms. The first-order valence-electron chi connectivity index (χ1n) is 9.33. The summed E-state index contributed by atoms with van der Waals surface area (Å²) in [4.78, 5) is 50.1. The molecule has 2 N–H and O–H groups in total. The van der Waals surface area contributed by atoms with Crippen molar-refractivity contribution in [1.82, 2.24) is 10.9 Å². The van der Waals surface area contributed by atoms with Crippen molar-refractivity contribution in [3.05, 3.63) is 63.6 Å². The summed E-state index contributed by atoms with van der Waals surface area (Å²) in [5, 5.41) is 0.748. The number of carbonyl (C=O) groups excluding carboxylic acids is 4. The summed E-state index contributed by atoms with van der Waals surface area (Å²) in [7, 11) is 0. The van der Waals surface area contributed by atoms with Crippen molar-refractivity contribution >= 4 is 52.6 Å². The van der Waals surface area contributed by atoms with Crippen molar-refractivity contribution in [3.8, 4) is 0 Å². The highest BCUT2D eigenvalue weighted by Gasteiger charge is 2.37. The van der Waals surface area contributed by atoms with Crippen molar-refractivity contribution in [2.24, 2.45) is 5.92 Å². The summed E-state index contributed by atoms with van der Waals surface area (Å²) in [6, 6.07) is 11.5. The van der Waals surface area contributed by atoms with Crippen LogP contribution in [0.25, 0.3) is 0 Å². The zero-order valence-electron chi connectivity index (χ0n) is 16.5. The average Bonchev–Trinajstić information content (AvgIpc) is 3.14. The second-order valence-electron chi connectivity index (χ2n) is 6.88. The molecule has 3 rings (SSSR count). The van der Waals surface area contributed by atoms with Gasteiger partial charge in [-0.2, -0.15) is 0 Å². The van der Waals surface area contributed by atoms with Gasteiger partial charge in [0, 0.05) is 23.7 Å². The average molecular weight is 464 g/mol. The molecular formula is C21H19Cl2N3O5. The molecule has 3 amide bonds. The van der Waals surface area contributed by atoms with Gasteiger partial charge in [0.15, 0.2) is 6.61 Å². The van der Waals surface area contributed by atoms with Crippen molar-refractivity contribution in [1.29, 1.82) is 0 Å². The molecule has 1 heterocycles. The quantitative estimate of drug-likeness (QED) is 0.523. The largest absolute Gasteiger partial charge is 0.455 e. The fourth-order valence-corrected chi connectivity index (χ4v) is 3.51. The van der Waals surface area contributed by atoms with E-state index >= 15 is 0 Å². The number of nitrogens with one attached hydrogen (secondary N) is 2. The summed E-state index contributed by atoms with van der Waals surface area (Å²) < 4.78 is 5.00. The molecule has 1 atom stereocenters. The van der Waals surface area contributed by atoms with Gasteiger partial charge in [0.25, 0.3) is 11.8 Å². The molecule has 1 saturated heterocycles. The number of hydrogen-bond acceptors (Lipinski definition) is 5. The van der Waals surface area contributed by atoms with Crippen LogP contribution in [0.4, 0.5) is 5.69 Å². The Morgan fingerprint density at radius 1 is 1.06 bits per heavy atom. The molecular weight excluding hydrogens is 445 g/mol. The third-order valence-electron chi connectivity index (χ3n) is 4.77. The molecule has 162 valence electrons. The predicted octanol–water partition coefficient (Wildman–Crippen LogP) is 2.66. The topological polar surface area (TPSA) is 105 Å². The highest BCUT2D eigenvalue weighted by atomic mass is 35.5. The summed E-state index contributed by atoms with van der Waals surface area (Å²) in [5.41, 5.74) is 5.89. The van der Waals surface area contributed by atoms with Gasteiger partial charge in [0.05, 0.1) is 16.5 Å². The van der Waals surface area contributed by atoms with E-state index in [-0.39, 0.29) is 29.5 Å². The van der Waals surface area contributed by atoms with Crippen LogP contribution in [0.1, 0.15) is 22.3 Å². The molecule has 1 aliphatic rings. The zero-order valence-corrected chi connectivity index (χ0v) is 18.0. The lowest BCUT2D eigenvalue weighted by Crippen LogP contribution is -2.44. The van der Waals surface area contributed by atoms with Crippen LogP contribution < -0.4 is 15.8 Å². The standard InChI is InChI=1S/C21H19Cl2N3O5/c1-12-15(22)7-4-8-17(12)26-10-13(9-19(26)28)21(30)31-11-18(27)24-25-20(29)14-5-2-3-6-16(14)23/h2-8,13H,9-11H2,1H3,(H,24,27)(H,25,29)/t13-/m1/s1. The normalized spacial score (nSPS) is 15.5. The summed E-state index contributed by atoms with van der Waals surface area (Å²) in [6.45, 7) is 1.31. The maximum Gasteiger partial charge on any atom is 0.311 e. The van der Waals surface area contributed by atoms with Crippen molar-refractivity contribution in [2.75, 3.05) is 18.1 Å². The zero-order chi connectivity index (χ0) is 22.5. The number of nitrogens with zero attached hydrogens (tertiary/aromatic N) is 1. The molecule has 0 saturated carbocycles. The van der Waals surface area contributed by atoms with Crippen LogP contribution in [0.3, 0.4) is 0 Å². The lowest BCUT2D eigenvalue weighted by Gasteiger charge is -2.19. The number of ether oxygens (including phenoxy) is 1. The molecule has 0 aliphatic carbocycles. The SMILES string of the molecule is Cc1c(Cl)cccc1N1C[C@H](C(=O)OCC(=O)NNC(=O)c2ccccc2Cl)CC1=O. The molecule has 0 radical (unpaired) electrons. The van der Waals surface area contributed by atoms with E-state index in [2.05, 4.69) is 10.9 Å². The van der Waals surface area contributed by atoms with Crippen molar-refractivity contribution < 1.29 is 23.9 Å². The Morgan fingerprint density at radius 2 is 1.77 bits per heavy atom. The highest BCUT2D eigenvalue weighted by molar-refractivity contribution is 6.33. The van der Waals surface area contributed by atoms with E-state index in [1.54, 1.807) is 37.3 Å². The number of amides is 3. The van der Waals surface area contributed by atoms with E-state index in [1.165, 1.54) is 17.0 Å². The Kier molecular flexibility index (Phi) is 7.14. The molecule has 0 bridgehead atoms. The number of esters is 1.